The Kier molecular flexibility index (Phi) is 4.71. The summed E-state index contributed by atoms with van der Waals surface area (Å²) in [6.07, 6.45) is 0. The minimum absolute atomic E-state index is 0.131. The Balaban J connectivity index is 2.30. The zero-order valence-corrected chi connectivity index (χ0v) is 13.6. The average Bonchev–Trinajstić information content (AvgIpc) is 2.37. The van der Waals surface area contributed by atoms with Gasteiger partial charge in [0.1, 0.15) is 0 Å². The third kappa shape index (κ3) is 3.84. The average molecular weight is 324 g/mol. The molecule has 0 aliphatic rings. The second-order valence-electron chi connectivity index (χ2n) is 5.24. The number of hydrogen-bond donors (Lipinski definition) is 1. The van der Waals surface area contributed by atoms with Crippen LogP contribution in [0.2, 0.25) is 5.02 Å². The highest BCUT2D eigenvalue weighted by atomic mass is 35.5. The molecule has 3 nitrogen and oxygen atoms in total. The van der Waals surface area contributed by atoms with Crippen LogP contribution in [0.1, 0.15) is 22.7 Å². The molecule has 1 atom stereocenters. The largest absolute Gasteiger partial charge is 0.323 e. The molecule has 2 N–H and O–H groups in total. The lowest BCUT2D eigenvalue weighted by molar-refractivity contribution is 0.589. The van der Waals surface area contributed by atoms with Crippen molar-refractivity contribution in [2.75, 3.05) is 5.75 Å². The first-order valence-electron chi connectivity index (χ1n) is 6.60. The van der Waals surface area contributed by atoms with Gasteiger partial charge in [-0.2, -0.15) is 0 Å². The summed E-state index contributed by atoms with van der Waals surface area (Å²) in [6.45, 7) is 3.93. The van der Waals surface area contributed by atoms with Gasteiger partial charge in [-0.05, 0) is 31.5 Å². The Bertz CT molecular complexity index is 736. The number of nitrogens with two attached hydrogens (primary N) is 1. The highest BCUT2D eigenvalue weighted by molar-refractivity contribution is 7.91. The summed E-state index contributed by atoms with van der Waals surface area (Å²) in [5.74, 6) is -0.167. The highest BCUT2D eigenvalue weighted by Crippen LogP contribution is 2.25. The standard InChI is InChI=1S/C16H18ClNO2S/c1-11-7-12(2)9-13(8-11)15(18)10-21(19,20)16-6-4-3-5-14(16)17/h3-9,15H,10,18H2,1-2H3. The molecule has 2 rings (SSSR count). The van der Waals surface area contributed by atoms with Gasteiger partial charge in [0.25, 0.3) is 0 Å². The molecular formula is C16H18ClNO2S. The summed E-state index contributed by atoms with van der Waals surface area (Å²) >= 11 is 5.97. The van der Waals surface area contributed by atoms with E-state index < -0.39 is 15.9 Å². The first-order valence-corrected chi connectivity index (χ1v) is 8.64. The van der Waals surface area contributed by atoms with Crippen molar-refractivity contribution in [1.29, 1.82) is 0 Å². The van der Waals surface area contributed by atoms with Crippen LogP contribution in [0.15, 0.2) is 47.4 Å². The molecule has 0 aliphatic heterocycles. The molecule has 0 saturated carbocycles. The topological polar surface area (TPSA) is 60.2 Å². The van der Waals surface area contributed by atoms with Gasteiger partial charge < -0.3 is 5.73 Å². The number of hydrogen-bond acceptors (Lipinski definition) is 3. The minimum Gasteiger partial charge on any atom is -0.323 e. The predicted octanol–water partition coefficient (Wildman–Crippen LogP) is 3.43. The SMILES string of the molecule is Cc1cc(C)cc(C(N)CS(=O)(=O)c2ccccc2Cl)c1. The zero-order chi connectivity index (χ0) is 15.6. The second kappa shape index (κ2) is 6.18. The third-order valence-electron chi connectivity index (χ3n) is 3.24. The molecule has 0 radical (unpaired) electrons. The first kappa shape index (κ1) is 16.0. The van der Waals surface area contributed by atoms with E-state index >= 15 is 0 Å². The maximum Gasteiger partial charge on any atom is 0.181 e. The zero-order valence-electron chi connectivity index (χ0n) is 12.0. The summed E-state index contributed by atoms with van der Waals surface area (Å²) < 4.78 is 24.9. The van der Waals surface area contributed by atoms with Crippen LogP contribution in [-0.4, -0.2) is 14.2 Å². The molecule has 5 heteroatoms. The van der Waals surface area contributed by atoms with Gasteiger partial charge in [0.05, 0.1) is 15.7 Å². The van der Waals surface area contributed by atoms with E-state index in [0.29, 0.717) is 0 Å². The van der Waals surface area contributed by atoms with Gasteiger partial charge in [0, 0.05) is 6.04 Å². The molecule has 2 aromatic carbocycles. The van der Waals surface area contributed by atoms with Crippen LogP contribution in [0.25, 0.3) is 0 Å². The van der Waals surface area contributed by atoms with E-state index in [2.05, 4.69) is 0 Å². The quantitative estimate of drug-likeness (QED) is 0.937. The lowest BCUT2D eigenvalue weighted by atomic mass is 10.0. The van der Waals surface area contributed by atoms with Gasteiger partial charge in [0.2, 0.25) is 0 Å². The van der Waals surface area contributed by atoms with Gasteiger partial charge >= 0.3 is 0 Å². The van der Waals surface area contributed by atoms with Crippen LogP contribution in [0, 0.1) is 13.8 Å². The molecule has 0 bridgehead atoms. The maximum atomic E-state index is 12.4. The number of rotatable bonds is 4. The van der Waals surface area contributed by atoms with E-state index in [4.69, 9.17) is 17.3 Å². The molecule has 0 saturated heterocycles. The molecule has 0 aromatic heterocycles. The van der Waals surface area contributed by atoms with Gasteiger partial charge in [-0.25, -0.2) is 8.42 Å². The van der Waals surface area contributed by atoms with Crippen molar-refractivity contribution < 1.29 is 8.42 Å². The Labute approximate surface area is 130 Å². The van der Waals surface area contributed by atoms with Crippen molar-refractivity contribution >= 4 is 21.4 Å². The molecule has 2 aromatic rings. The molecular weight excluding hydrogens is 306 g/mol. The molecule has 0 fully saturated rings. The fourth-order valence-electron chi connectivity index (χ4n) is 2.34. The predicted molar refractivity (Wildman–Crippen MR) is 86.3 cm³/mol. The number of halogens is 1. The van der Waals surface area contributed by atoms with Crippen LogP contribution in [-0.2, 0) is 9.84 Å². The van der Waals surface area contributed by atoms with E-state index in [0.717, 1.165) is 16.7 Å². The molecule has 0 spiro atoms. The van der Waals surface area contributed by atoms with Crippen molar-refractivity contribution in [1.82, 2.24) is 0 Å². The molecule has 0 amide bonds. The summed E-state index contributed by atoms with van der Waals surface area (Å²) in [7, 11) is -3.52. The van der Waals surface area contributed by atoms with Gasteiger partial charge in [-0.15, -0.1) is 0 Å². The molecule has 0 aliphatic carbocycles. The fourth-order valence-corrected chi connectivity index (χ4v) is 4.33. The minimum atomic E-state index is -3.52. The van der Waals surface area contributed by atoms with Gasteiger partial charge in [-0.3, -0.25) is 0 Å². The van der Waals surface area contributed by atoms with Gasteiger partial charge in [-0.1, -0.05) is 53.1 Å². The summed E-state index contributed by atoms with van der Waals surface area (Å²) in [5.41, 5.74) is 9.04. The Hall–Kier alpha value is -1.36. The van der Waals surface area contributed by atoms with Crippen molar-refractivity contribution in [3.63, 3.8) is 0 Å². The van der Waals surface area contributed by atoms with Gasteiger partial charge in [0.15, 0.2) is 9.84 Å². The fraction of sp³-hybridized carbons (Fsp3) is 0.250. The summed E-state index contributed by atoms with van der Waals surface area (Å²) in [4.78, 5) is 0.131. The third-order valence-corrected chi connectivity index (χ3v) is 5.51. The monoisotopic (exact) mass is 323 g/mol. The maximum absolute atomic E-state index is 12.4. The van der Waals surface area contributed by atoms with Crippen molar-refractivity contribution in [2.24, 2.45) is 5.73 Å². The summed E-state index contributed by atoms with van der Waals surface area (Å²) in [5, 5.41) is 0.227. The van der Waals surface area contributed by atoms with Crippen molar-refractivity contribution in [3.05, 3.63) is 64.2 Å². The Morgan fingerprint density at radius 3 is 2.24 bits per heavy atom. The van der Waals surface area contributed by atoms with Crippen molar-refractivity contribution in [3.8, 4) is 0 Å². The van der Waals surface area contributed by atoms with Crippen LogP contribution >= 0.6 is 11.6 Å². The molecule has 21 heavy (non-hydrogen) atoms. The van der Waals surface area contributed by atoms with Crippen LogP contribution < -0.4 is 5.73 Å². The molecule has 112 valence electrons. The molecule has 0 heterocycles. The Morgan fingerprint density at radius 2 is 1.67 bits per heavy atom. The van der Waals surface area contributed by atoms with Crippen LogP contribution in [0.3, 0.4) is 0 Å². The Morgan fingerprint density at radius 1 is 1.10 bits per heavy atom. The van der Waals surface area contributed by atoms with E-state index in [9.17, 15) is 8.42 Å². The second-order valence-corrected chi connectivity index (χ2v) is 7.65. The lowest BCUT2D eigenvalue weighted by Gasteiger charge is -2.15. The number of sulfone groups is 1. The smallest absolute Gasteiger partial charge is 0.181 e. The van der Waals surface area contributed by atoms with Crippen LogP contribution in [0.4, 0.5) is 0 Å². The van der Waals surface area contributed by atoms with E-state index in [1.807, 2.05) is 32.0 Å². The number of benzene rings is 2. The highest BCUT2D eigenvalue weighted by Gasteiger charge is 2.22. The number of aryl methyl sites for hydroxylation is 2. The normalized spacial score (nSPS) is 13.1. The van der Waals surface area contributed by atoms with E-state index in [1.54, 1.807) is 18.2 Å². The van der Waals surface area contributed by atoms with E-state index in [1.165, 1.54) is 6.07 Å². The molecule has 1 unspecified atom stereocenters. The van der Waals surface area contributed by atoms with Crippen molar-refractivity contribution in [2.45, 2.75) is 24.8 Å². The van der Waals surface area contributed by atoms with Crippen LogP contribution in [0.5, 0.6) is 0 Å². The van der Waals surface area contributed by atoms with E-state index in [-0.39, 0.29) is 15.7 Å². The first-order chi connectivity index (χ1) is 9.79. The summed E-state index contributed by atoms with van der Waals surface area (Å²) in [6, 6.07) is 11.7. The lowest BCUT2D eigenvalue weighted by Crippen LogP contribution is -2.22.